The zero-order chi connectivity index (χ0) is 14.8. The maximum Gasteiger partial charge on any atom is 0.244 e. The maximum atomic E-state index is 12.2. The van der Waals surface area contributed by atoms with E-state index >= 15 is 0 Å². The fourth-order valence-electron chi connectivity index (χ4n) is 1.61. The molecule has 0 aliphatic heterocycles. The molecule has 0 saturated heterocycles. The number of hydrogen-bond donors (Lipinski definition) is 2. The molecule has 20 heavy (non-hydrogen) atoms. The van der Waals surface area contributed by atoms with Crippen molar-refractivity contribution < 1.29 is 13.2 Å². The highest BCUT2D eigenvalue weighted by Crippen LogP contribution is 2.25. The van der Waals surface area contributed by atoms with E-state index in [4.69, 9.17) is 10.5 Å². The maximum absolute atomic E-state index is 12.2. The Morgan fingerprint density at radius 3 is 2.80 bits per heavy atom. The van der Waals surface area contributed by atoms with Crippen LogP contribution >= 0.6 is 0 Å². The van der Waals surface area contributed by atoms with Crippen molar-refractivity contribution in [1.29, 1.82) is 0 Å². The minimum Gasteiger partial charge on any atom is -0.495 e. The lowest BCUT2D eigenvalue weighted by molar-refractivity contribution is 0.402. The van der Waals surface area contributed by atoms with E-state index in [1.807, 2.05) is 0 Å². The van der Waals surface area contributed by atoms with Crippen LogP contribution in [0.3, 0.4) is 0 Å². The topological polar surface area (TPSA) is 112 Å². The molecular formula is C11H15N5O3S. The first-order valence-electron chi connectivity index (χ1n) is 5.70. The third kappa shape index (κ3) is 3.06. The fourth-order valence-corrected chi connectivity index (χ4v) is 2.74. The summed E-state index contributed by atoms with van der Waals surface area (Å²) in [5.41, 5.74) is 6.02. The van der Waals surface area contributed by atoms with Gasteiger partial charge >= 0.3 is 0 Å². The van der Waals surface area contributed by atoms with E-state index in [-0.39, 0.29) is 17.2 Å². The van der Waals surface area contributed by atoms with Crippen LogP contribution in [0.5, 0.6) is 5.75 Å². The summed E-state index contributed by atoms with van der Waals surface area (Å²) in [5.74, 6) is 0.567. The molecule has 0 aliphatic rings. The molecule has 0 radical (unpaired) electrons. The molecule has 1 heterocycles. The fraction of sp³-hybridized carbons (Fsp3) is 0.273. The Labute approximate surface area is 116 Å². The van der Waals surface area contributed by atoms with Crippen molar-refractivity contribution in [2.45, 2.75) is 11.4 Å². The number of benzene rings is 1. The normalized spacial score (nSPS) is 11.5. The van der Waals surface area contributed by atoms with Crippen LogP contribution in [0.2, 0.25) is 0 Å². The first kappa shape index (κ1) is 14.3. The van der Waals surface area contributed by atoms with Crippen LogP contribution in [0.4, 0.5) is 5.69 Å². The van der Waals surface area contributed by atoms with E-state index in [1.54, 1.807) is 7.05 Å². The van der Waals surface area contributed by atoms with Gasteiger partial charge in [0.05, 0.1) is 13.7 Å². The largest absolute Gasteiger partial charge is 0.495 e. The first-order valence-corrected chi connectivity index (χ1v) is 7.18. The summed E-state index contributed by atoms with van der Waals surface area (Å²) in [6, 6.07) is 4.34. The Morgan fingerprint density at radius 1 is 1.45 bits per heavy atom. The van der Waals surface area contributed by atoms with Gasteiger partial charge in [-0.3, -0.25) is 4.68 Å². The molecule has 108 valence electrons. The number of nitrogen functional groups attached to an aromatic ring is 1. The lowest BCUT2D eigenvalue weighted by Crippen LogP contribution is -2.24. The molecule has 0 atom stereocenters. The van der Waals surface area contributed by atoms with Gasteiger partial charge in [0.2, 0.25) is 10.0 Å². The number of aromatic nitrogens is 3. The van der Waals surface area contributed by atoms with Crippen molar-refractivity contribution in [3.63, 3.8) is 0 Å². The Kier molecular flexibility index (Phi) is 3.91. The number of nitrogens with two attached hydrogens (primary N) is 1. The summed E-state index contributed by atoms with van der Waals surface area (Å²) in [6.07, 6.45) is 1.49. The smallest absolute Gasteiger partial charge is 0.244 e. The van der Waals surface area contributed by atoms with Crippen LogP contribution in [-0.4, -0.2) is 30.3 Å². The number of sulfonamides is 1. The average Bonchev–Trinajstić information content (AvgIpc) is 2.82. The van der Waals surface area contributed by atoms with Crippen molar-refractivity contribution in [2.24, 2.45) is 7.05 Å². The predicted molar refractivity (Wildman–Crippen MR) is 72.4 cm³/mol. The monoisotopic (exact) mass is 297 g/mol. The van der Waals surface area contributed by atoms with E-state index in [0.717, 1.165) is 0 Å². The second-order valence-corrected chi connectivity index (χ2v) is 5.80. The Hall–Kier alpha value is -2.13. The number of nitrogens with one attached hydrogen (secondary N) is 1. The van der Waals surface area contributed by atoms with Gasteiger partial charge in [0, 0.05) is 18.8 Å². The molecule has 2 aromatic rings. The molecule has 9 heteroatoms. The Bertz CT molecular complexity index is 711. The second kappa shape index (κ2) is 5.47. The van der Waals surface area contributed by atoms with Crippen molar-refractivity contribution in [2.75, 3.05) is 12.8 Å². The van der Waals surface area contributed by atoms with Crippen LogP contribution in [0, 0.1) is 0 Å². The molecule has 0 amide bonds. The summed E-state index contributed by atoms with van der Waals surface area (Å²) in [5, 5.41) is 3.99. The quantitative estimate of drug-likeness (QED) is 0.744. The SMILES string of the molecule is COc1cc(N)ccc1S(=O)(=O)NCc1ncn(C)n1. The summed E-state index contributed by atoms with van der Waals surface area (Å²) in [6.45, 7) is -0.00327. The number of rotatable bonds is 5. The lowest BCUT2D eigenvalue weighted by atomic mass is 10.3. The number of aryl methyl sites for hydroxylation is 1. The van der Waals surface area contributed by atoms with Gasteiger partial charge in [-0.15, -0.1) is 0 Å². The van der Waals surface area contributed by atoms with Crippen LogP contribution in [0.1, 0.15) is 5.82 Å². The minimum atomic E-state index is -3.73. The molecule has 8 nitrogen and oxygen atoms in total. The molecule has 0 saturated carbocycles. The Morgan fingerprint density at radius 2 is 2.20 bits per heavy atom. The van der Waals surface area contributed by atoms with Crippen molar-refractivity contribution in [3.8, 4) is 5.75 Å². The summed E-state index contributed by atoms with van der Waals surface area (Å²) in [4.78, 5) is 3.96. The first-order chi connectivity index (χ1) is 9.42. The highest BCUT2D eigenvalue weighted by molar-refractivity contribution is 7.89. The van der Waals surface area contributed by atoms with Gasteiger partial charge in [-0.2, -0.15) is 5.10 Å². The van der Waals surface area contributed by atoms with Crippen molar-refractivity contribution in [1.82, 2.24) is 19.5 Å². The Balaban J connectivity index is 2.22. The van der Waals surface area contributed by atoms with Crippen molar-refractivity contribution >= 4 is 15.7 Å². The van der Waals surface area contributed by atoms with Crippen LogP contribution in [0.25, 0.3) is 0 Å². The lowest BCUT2D eigenvalue weighted by Gasteiger charge is -2.10. The van der Waals surface area contributed by atoms with Gasteiger partial charge < -0.3 is 10.5 Å². The van der Waals surface area contributed by atoms with Crippen LogP contribution in [0.15, 0.2) is 29.4 Å². The van der Waals surface area contributed by atoms with Gasteiger partial charge in [0.1, 0.15) is 17.0 Å². The summed E-state index contributed by atoms with van der Waals surface area (Å²) in [7, 11) is -0.643. The second-order valence-electron chi connectivity index (χ2n) is 4.07. The van der Waals surface area contributed by atoms with E-state index < -0.39 is 10.0 Å². The minimum absolute atomic E-state index is 0.00327. The summed E-state index contributed by atoms with van der Waals surface area (Å²) >= 11 is 0. The number of hydrogen-bond acceptors (Lipinski definition) is 6. The number of nitrogens with zero attached hydrogens (tertiary/aromatic N) is 3. The molecule has 3 N–H and O–H groups in total. The molecule has 1 aromatic heterocycles. The molecule has 2 rings (SSSR count). The van der Waals surface area contributed by atoms with E-state index in [0.29, 0.717) is 11.5 Å². The molecule has 0 aliphatic carbocycles. The highest BCUT2D eigenvalue weighted by atomic mass is 32.2. The number of anilines is 1. The number of ether oxygens (including phenoxy) is 1. The highest BCUT2D eigenvalue weighted by Gasteiger charge is 2.19. The molecule has 1 aromatic carbocycles. The summed E-state index contributed by atoms with van der Waals surface area (Å²) < 4.78 is 33.4. The van der Waals surface area contributed by atoms with Gasteiger partial charge in [-0.05, 0) is 12.1 Å². The third-order valence-corrected chi connectivity index (χ3v) is 3.99. The standard InChI is InChI=1S/C11H15N5O3S/c1-16-7-13-11(15-16)6-14-20(17,18)10-4-3-8(12)5-9(10)19-2/h3-5,7,14H,6,12H2,1-2H3. The van der Waals surface area contributed by atoms with Gasteiger partial charge in [0.15, 0.2) is 5.82 Å². The van der Waals surface area contributed by atoms with E-state index in [2.05, 4.69) is 14.8 Å². The predicted octanol–water partition coefficient (Wildman–Crippen LogP) is -0.116. The zero-order valence-corrected chi connectivity index (χ0v) is 11.9. The molecular weight excluding hydrogens is 282 g/mol. The van der Waals surface area contributed by atoms with Gasteiger partial charge in [0.25, 0.3) is 0 Å². The zero-order valence-electron chi connectivity index (χ0n) is 11.1. The van der Waals surface area contributed by atoms with Crippen molar-refractivity contribution in [3.05, 3.63) is 30.4 Å². The van der Waals surface area contributed by atoms with E-state index in [9.17, 15) is 8.42 Å². The molecule has 0 bridgehead atoms. The van der Waals surface area contributed by atoms with Gasteiger partial charge in [-0.1, -0.05) is 0 Å². The van der Waals surface area contributed by atoms with Gasteiger partial charge in [-0.25, -0.2) is 18.1 Å². The molecule has 0 unspecified atom stereocenters. The molecule has 0 fully saturated rings. The third-order valence-electron chi connectivity index (χ3n) is 2.54. The van der Waals surface area contributed by atoms with E-state index in [1.165, 1.54) is 36.3 Å². The number of methoxy groups -OCH3 is 1. The van der Waals surface area contributed by atoms with Crippen LogP contribution < -0.4 is 15.2 Å². The van der Waals surface area contributed by atoms with Crippen LogP contribution in [-0.2, 0) is 23.6 Å². The average molecular weight is 297 g/mol. The molecule has 0 spiro atoms.